The maximum atomic E-state index is 4.14. The maximum absolute atomic E-state index is 4.14. The van der Waals surface area contributed by atoms with Crippen molar-refractivity contribution in [2.45, 2.75) is 32.1 Å². The van der Waals surface area contributed by atoms with Crippen LogP contribution in [0.15, 0.2) is 24.5 Å². The van der Waals surface area contributed by atoms with Gasteiger partial charge in [0.1, 0.15) is 0 Å². The molecule has 1 heteroatoms. The van der Waals surface area contributed by atoms with E-state index in [2.05, 4.69) is 11.1 Å². The predicted octanol–water partition coefficient (Wildman–Crippen LogP) is 2.97. The molecule has 63 valence electrons. The molecule has 2 rings (SSSR count). The molecule has 12 heavy (non-hydrogen) atoms. The van der Waals surface area contributed by atoms with Crippen LogP contribution in [0.5, 0.6) is 0 Å². The van der Waals surface area contributed by atoms with E-state index in [0.29, 0.717) is 0 Å². The topological polar surface area (TPSA) is 12.9 Å². The van der Waals surface area contributed by atoms with Crippen molar-refractivity contribution >= 4 is 0 Å². The second-order valence-corrected chi connectivity index (χ2v) is 3.41. The first kappa shape index (κ1) is 7.78. The van der Waals surface area contributed by atoms with Crippen LogP contribution in [-0.4, -0.2) is 4.98 Å². The van der Waals surface area contributed by atoms with Gasteiger partial charge in [-0.1, -0.05) is 25.3 Å². The molecule has 0 unspecified atom stereocenters. The van der Waals surface area contributed by atoms with Crippen molar-refractivity contribution in [3.63, 3.8) is 0 Å². The third-order valence-electron chi connectivity index (χ3n) is 2.53. The van der Waals surface area contributed by atoms with E-state index in [1.165, 1.54) is 37.7 Å². The van der Waals surface area contributed by atoms with Crippen molar-refractivity contribution in [1.29, 1.82) is 0 Å². The van der Waals surface area contributed by atoms with Gasteiger partial charge >= 0.3 is 0 Å². The number of pyridine rings is 1. The van der Waals surface area contributed by atoms with Crippen molar-refractivity contribution in [2.24, 2.45) is 0 Å². The molecular formula is C11H14N. The van der Waals surface area contributed by atoms with Crippen molar-refractivity contribution in [3.05, 3.63) is 36.0 Å². The Bertz CT molecular complexity index is 224. The molecule has 0 aromatic carbocycles. The summed E-state index contributed by atoms with van der Waals surface area (Å²) in [7, 11) is 0. The lowest BCUT2D eigenvalue weighted by Gasteiger charge is -2.20. The first-order valence-electron chi connectivity index (χ1n) is 4.72. The number of aromatic nitrogens is 1. The Balaban J connectivity index is 2.08. The maximum Gasteiger partial charge on any atom is 0.0305 e. The summed E-state index contributed by atoms with van der Waals surface area (Å²) in [6, 6.07) is 4.20. The third kappa shape index (κ3) is 1.66. The quantitative estimate of drug-likeness (QED) is 0.615. The molecule has 1 aromatic rings. The van der Waals surface area contributed by atoms with Gasteiger partial charge in [0.05, 0.1) is 0 Å². The second-order valence-electron chi connectivity index (χ2n) is 3.41. The Kier molecular flexibility index (Phi) is 2.40. The molecule has 0 spiro atoms. The van der Waals surface area contributed by atoms with Gasteiger partial charge in [0.25, 0.3) is 0 Å². The molecule has 1 nitrogen and oxygen atoms in total. The average Bonchev–Trinajstić information content (AvgIpc) is 2.21. The van der Waals surface area contributed by atoms with E-state index >= 15 is 0 Å². The smallest absolute Gasteiger partial charge is 0.0305 e. The molecule has 0 aliphatic heterocycles. The number of nitrogens with zero attached hydrogens (tertiary/aromatic N) is 1. The van der Waals surface area contributed by atoms with Crippen LogP contribution in [0, 0.1) is 5.92 Å². The summed E-state index contributed by atoms with van der Waals surface area (Å²) in [5.41, 5.74) is 1.36. The minimum Gasteiger partial charge on any atom is -0.264 e. The summed E-state index contributed by atoms with van der Waals surface area (Å²) >= 11 is 0. The van der Waals surface area contributed by atoms with Crippen LogP contribution in [0.2, 0.25) is 0 Å². The van der Waals surface area contributed by atoms with Gasteiger partial charge in [0, 0.05) is 18.3 Å². The Morgan fingerprint density at radius 3 is 2.58 bits per heavy atom. The van der Waals surface area contributed by atoms with E-state index < -0.39 is 0 Å². The molecule has 0 atom stereocenters. The molecular weight excluding hydrogens is 146 g/mol. The van der Waals surface area contributed by atoms with Crippen LogP contribution >= 0.6 is 0 Å². The predicted molar refractivity (Wildman–Crippen MR) is 49.7 cm³/mol. The molecule has 0 saturated heterocycles. The zero-order valence-electron chi connectivity index (χ0n) is 7.29. The highest BCUT2D eigenvalue weighted by atomic mass is 14.6. The van der Waals surface area contributed by atoms with Gasteiger partial charge in [-0.2, -0.15) is 0 Å². The normalized spacial score (nSPS) is 19.3. The van der Waals surface area contributed by atoms with Gasteiger partial charge in [0.2, 0.25) is 0 Å². The lowest BCUT2D eigenvalue weighted by Crippen LogP contribution is -2.05. The molecule has 1 aromatic heterocycles. The van der Waals surface area contributed by atoms with Crippen molar-refractivity contribution < 1.29 is 0 Å². The average molecular weight is 160 g/mol. The van der Waals surface area contributed by atoms with Crippen molar-refractivity contribution in [1.82, 2.24) is 4.98 Å². The van der Waals surface area contributed by atoms with E-state index in [0.717, 1.165) is 0 Å². The van der Waals surface area contributed by atoms with E-state index in [9.17, 15) is 0 Å². The minimum atomic E-state index is 1.28. The van der Waals surface area contributed by atoms with Crippen molar-refractivity contribution in [3.8, 4) is 0 Å². The van der Waals surface area contributed by atoms with Crippen LogP contribution in [0.1, 0.15) is 37.7 Å². The highest BCUT2D eigenvalue weighted by molar-refractivity contribution is 5.27. The summed E-state index contributed by atoms with van der Waals surface area (Å²) in [4.78, 5) is 4.14. The van der Waals surface area contributed by atoms with Crippen LogP contribution in [0.4, 0.5) is 0 Å². The number of hydrogen-bond donors (Lipinski definition) is 0. The lowest BCUT2D eigenvalue weighted by atomic mass is 9.85. The summed E-state index contributed by atoms with van der Waals surface area (Å²) in [6.07, 6.45) is 10.5. The highest BCUT2D eigenvalue weighted by Gasteiger charge is 2.15. The minimum absolute atomic E-state index is 1.28. The molecule has 1 aliphatic rings. The third-order valence-corrected chi connectivity index (χ3v) is 2.53. The molecule has 0 amide bonds. The van der Waals surface area contributed by atoms with Crippen LogP contribution in [-0.2, 0) is 0 Å². The zero-order chi connectivity index (χ0) is 8.23. The molecule has 0 bridgehead atoms. The standard InChI is InChI=1S/C11H14N/c1-2-5-10(6-3-1)11-7-4-8-12-9-11/h4,7-9H,1-3,5-6H2. The first-order valence-corrected chi connectivity index (χ1v) is 4.72. The number of hydrogen-bond acceptors (Lipinski definition) is 1. The van der Waals surface area contributed by atoms with E-state index in [4.69, 9.17) is 0 Å². The van der Waals surface area contributed by atoms with Gasteiger partial charge in [-0.05, 0) is 24.5 Å². The van der Waals surface area contributed by atoms with Gasteiger partial charge in [-0.25, -0.2) is 0 Å². The Labute approximate surface area is 73.8 Å². The summed E-state index contributed by atoms with van der Waals surface area (Å²) in [6.45, 7) is 0. The molecule has 1 fully saturated rings. The molecule has 0 N–H and O–H groups in total. The molecule has 1 heterocycles. The molecule has 1 saturated carbocycles. The monoisotopic (exact) mass is 160 g/mol. The fourth-order valence-corrected chi connectivity index (χ4v) is 1.84. The lowest BCUT2D eigenvalue weighted by molar-refractivity contribution is 0.550. The van der Waals surface area contributed by atoms with Crippen molar-refractivity contribution in [2.75, 3.05) is 0 Å². The summed E-state index contributed by atoms with van der Waals surface area (Å²) in [5.74, 6) is 1.61. The number of rotatable bonds is 1. The van der Waals surface area contributed by atoms with Gasteiger partial charge in [-0.3, -0.25) is 4.98 Å². The van der Waals surface area contributed by atoms with Crippen LogP contribution in [0.25, 0.3) is 0 Å². The van der Waals surface area contributed by atoms with Crippen LogP contribution < -0.4 is 0 Å². The zero-order valence-corrected chi connectivity index (χ0v) is 7.29. The highest BCUT2D eigenvalue weighted by Crippen LogP contribution is 2.30. The van der Waals surface area contributed by atoms with E-state index in [-0.39, 0.29) is 0 Å². The SMILES string of the molecule is c1cncc([C]2CCCCC2)c1. The fraction of sp³-hybridized carbons (Fsp3) is 0.455. The van der Waals surface area contributed by atoms with Gasteiger partial charge in [0.15, 0.2) is 0 Å². The van der Waals surface area contributed by atoms with Gasteiger partial charge in [-0.15, -0.1) is 0 Å². The Morgan fingerprint density at radius 2 is 1.92 bits per heavy atom. The Morgan fingerprint density at radius 1 is 1.08 bits per heavy atom. The van der Waals surface area contributed by atoms with E-state index in [1.54, 1.807) is 5.92 Å². The van der Waals surface area contributed by atoms with Gasteiger partial charge < -0.3 is 0 Å². The summed E-state index contributed by atoms with van der Waals surface area (Å²) < 4.78 is 0. The summed E-state index contributed by atoms with van der Waals surface area (Å²) in [5, 5.41) is 0. The first-order chi connectivity index (χ1) is 5.97. The Hall–Kier alpha value is -0.850. The second kappa shape index (κ2) is 3.70. The largest absolute Gasteiger partial charge is 0.264 e. The molecule has 1 aliphatic carbocycles. The van der Waals surface area contributed by atoms with E-state index in [1.807, 2.05) is 18.5 Å². The fourth-order valence-electron chi connectivity index (χ4n) is 1.84. The van der Waals surface area contributed by atoms with Crippen LogP contribution in [0.3, 0.4) is 0 Å². The molecule has 1 radical (unpaired) electrons.